The normalized spacial score (nSPS) is 10.4. The minimum atomic E-state index is -0.471. The van der Waals surface area contributed by atoms with E-state index in [0.29, 0.717) is 21.3 Å². The van der Waals surface area contributed by atoms with E-state index in [1.54, 1.807) is 6.92 Å². The number of amides is 1. The Labute approximate surface area is 112 Å². The third-order valence-corrected chi connectivity index (χ3v) is 3.50. The number of nitrogens with one attached hydrogen (secondary N) is 1. The van der Waals surface area contributed by atoms with Gasteiger partial charge < -0.3 is 11.1 Å². The van der Waals surface area contributed by atoms with Crippen molar-refractivity contribution in [2.75, 3.05) is 11.1 Å². The molecule has 7 heteroatoms. The van der Waals surface area contributed by atoms with Gasteiger partial charge in [0.15, 0.2) is 5.13 Å². The number of aromatic nitrogens is 1. The van der Waals surface area contributed by atoms with E-state index in [9.17, 15) is 9.18 Å². The zero-order valence-corrected chi connectivity index (χ0v) is 10.9. The molecule has 0 aliphatic carbocycles. The Hall–Kier alpha value is -1.66. The number of halogens is 2. The first-order valence-corrected chi connectivity index (χ1v) is 6.15. The van der Waals surface area contributed by atoms with Crippen LogP contribution < -0.4 is 11.1 Å². The van der Waals surface area contributed by atoms with Crippen LogP contribution >= 0.6 is 22.9 Å². The number of nitrogens with two attached hydrogens (primary N) is 1. The first kappa shape index (κ1) is 12.8. The molecule has 18 heavy (non-hydrogen) atoms. The van der Waals surface area contributed by atoms with Gasteiger partial charge in [0, 0.05) is 16.3 Å². The molecule has 2 rings (SSSR count). The van der Waals surface area contributed by atoms with Gasteiger partial charge >= 0.3 is 0 Å². The Bertz CT molecular complexity index is 591. The number of anilines is 2. The molecule has 0 saturated heterocycles. The Morgan fingerprint density at radius 1 is 1.56 bits per heavy atom. The number of carbonyl (C=O) groups is 1. The van der Waals surface area contributed by atoms with Crippen LogP contribution in [0.3, 0.4) is 0 Å². The smallest absolute Gasteiger partial charge is 0.267 e. The van der Waals surface area contributed by atoms with Crippen LogP contribution in [0.5, 0.6) is 0 Å². The maximum Gasteiger partial charge on any atom is 0.267 e. The molecule has 0 aliphatic rings. The summed E-state index contributed by atoms with van der Waals surface area (Å²) in [5.74, 6) is -0.870. The lowest BCUT2D eigenvalue weighted by molar-refractivity contribution is 0.103. The summed E-state index contributed by atoms with van der Waals surface area (Å²) in [6.07, 6.45) is 1.36. The molecule has 1 aromatic carbocycles. The Kier molecular flexibility index (Phi) is 3.49. The third kappa shape index (κ3) is 2.60. The number of carbonyl (C=O) groups excluding carboxylic acids is 1. The van der Waals surface area contributed by atoms with Crippen molar-refractivity contribution in [1.82, 2.24) is 4.98 Å². The molecular formula is C11H9ClFN3OS. The van der Waals surface area contributed by atoms with Gasteiger partial charge in [0.1, 0.15) is 10.7 Å². The van der Waals surface area contributed by atoms with Crippen molar-refractivity contribution in [3.8, 4) is 0 Å². The third-order valence-electron chi connectivity index (χ3n) is 2.29. The number of thiazole rings is 1. The first-order valence-electron chi connectivity index (χ1n) is 4.95. The van der Waals surface area contributed by atoms with Gasteiger partial charge in [-0.05, 0) is 19.1 Å². The SMILES string of the molecule is Cc1c(F)cc(NC(=O)c2cnc(N)s2)cc1Cl. The van der Waals surface area contributed by atoms with Gasteiger partial charge in [-0.25, -0.2) is 9.37 Å². The van der Waals surface area contributed by atoms with E-state index >= 15 is 0 Å². The number of rotatable bonds is 2. The van der Waals surface area contributed by atoms with Crippen LogP contribution in [0.2, 0.25) is 5.02 Å². The van der Waals surface area contributed by atoms with E-state index in [0.717, 1.165) is 11.3 Å². The van der Waals surface area contributed by atoms with Gasteiger partial charge in [-0.1, -0.05) is 22.9 Å². The number of hydrogen-bond acceptors (Lipinski definition) is 4. The number of benzene rings is 1. The minimum absolute atomic E-state index is 0.258. The second-order valence-electron chi connectivity index (χ2n) is 3.58. The van der Waals surface area contributed by atoms with Crippen molar-refractivity contribution in [1.29, 1.82) is 0 Å². The zero-order valence-electron chi connectivity index (χ0n) is 9.33. The van der Waals surface area contributed by atoms with Gasteiger partial charge in [-0.15, -0.1) is 0 Å². The average Bonchev–Trinajstić information content (AvgIpc) is 2.72. The van der Waals surface area contributed by atoms with Gasteiger partial charge in [0.05, 0.1) is 6.20 Å². The topological polar surface area (TPSA) is 68.0 Å². The number of nitrogens with zero attached hydrogens (tertiary/aromatic N) is 1. The molecule has 1 aromatic heterocycles. The molecule has 0 radical (unpaired) electrons. The van der Waals surface area contributed by atoms with Crippen LogP contribution in [-0.4, -0.2) is 10.9 Å². The highest BCUT2D eigenvalue weighted by Gasteiger charge is 2.12. The van der Waals surface area contributed by atoms with E-state index in [1.165, 1.54) is 18.3 Å². The number of nitrogen functional groups attached to an aromatic ring is 1. The van der Waals surface area contributed by atoms with E-state index in [2.05, 4.69) is 10.3 Å². The maximum atomic E-state index is 13.4. The van der Waals surface area contributed by atoms with Crippen LogP contribution in [0, 0.1) is 12.7 Å². The van der Waals surface area contributed by atoms with Crippen LogP contribution in [0.25, 0.3) is 0 Å². The molecule has 0 unspecified atom stereocenters. The van der Waals surface area contributed by atoms with Gasteiger partial charge in [0.25, 0.3) is 5.91 Å². The van der Waals surface area contributed by atoms with Crippen LogP contribution in [0.4, 0.5) is 15.2 Å². The molecule has 1 heterocycles. The molecule has 0 aliphatic heterocycles. The fourth-order valence-electron chi connectivity index (χ4n) is 1.30. The molecule has 0 fully saturated rings. The second kappa shape index (κ2) is 4.91. The highest BCUT2D eigenvalue weighted by atomic mass is 35.5. The second-order valence-corrected chi connectivity index (χ2v) is 5.05. The molecule has 4 nitrogen and oxygen atoms in total. The number of hydrogen-bond donors (Lipinski definition) is 2. The molecule has 2 aromatic rings. The molecule has 0 atom stereocenters. The van der Waals surface area contributed by atoms with Crippen LogP contribution in [0.1, 0.15) is 15.2 Å². The predicted molar refractivity (Wildman–Crippen MR) is 70.6 cm³/mol. The maximum absolute atomic E-state index is 13.4. The zero-order chi connectivity index (χ0) is 13.3. The molecule has 1 amide bonds. The largest absolute Gasteiger partial charge is 0.375 e. The van der Waals surface area contributed by atoms with Crippen LogP contribution in [0.15, 0.2) is 18.3 Å². The van der Waals surface area contributed by atoms with Gasteiger partial charge in [-0.3, -0.25) is 4.79 Å². The lowest BCUT2D eigenvalue weighted by Crippen LogP contribution is -2.10. The van der Waals surface area contributed by atoms with Crippen molar-refractivity contribution in [3.63, 3.8) is 0 Å². The van der Waals surface area contributed by atoms with Crippen molar-refractivity contribution in [3.05, 3.63) is 39.6 Å². The fraction of sp³-hybridized carbons (Fsp3) is 0.0909. The summed E-state index contributed by atoms with van der Waals surface area (Å²) in [6.45, 7) is 1.56. The first-order chi connectivity index (χ1) is 8.47. The lowest BCUT2D eigenvalue weighted by Gasteiger charge is -2.06. The summed E-state index contributed by atoms with van der Waals surface area (Å²) >= 11 is 6.89. The highest BCUT2D eigenvalue weighted by molar-refractivity contribution is 7.17. The molecule has 94 valence electrons. The van der Waals surface area contributed by atoms with Crippen molar-refractivity contribution >= 4 is 39.7 Å². The van der Waals surface area contributed by atoms with Gasteiger partial charge in [0.2, 0.25) is 0 Å². The highest BCUT2D eigenvalue weighted by Crippen LogP contribution is 2.24. The predicted octanol–water partition coefficient (Wildman–Crippen LogP) is 3.08. The fourth-order valence-corrected chi connectivity index (χ4v) is 2.09. The summed E-state index contributed by atoms with van der Waals surface area (Å²) in [5.41, 5.74) is 6.06. The monoisotopic (exact) mass is 285 g/mol. The van der Waals surface area contributed by atoms with E-state index in [4.69, 9.17) is 17.3 Å². The van der Waals surface area contributed by atoms with E-state index < -0.39 is 11.7 Å². The summed E-state index contributed by atoms with van der Waals surface area (Å²) in [5, 5.41) is 3.09. The van der Waals surface area contributed by atoms with E-state index in [-0.39, 0.29) is 5.02 Å². The summed E-state index contributed by atoms with van der Waals surface area (Å²) in [7, 11) is 0. The van der Waals surface area contributed by atoms with Crippen molar-refractivity contribution in [2.24, 2.45) is 0 Å². The summed E-state index contributed by atoms with van der Waals surface area (Å²) < 4.78 is 13.4. The summed E-state index contributed by atoms with van der Waals surface area (Å²) in [4.78, 5) is 15.9. The van der Waals surface area contributed by atoms with Crippen molar-refractivity contribution < 1.29 is 9.18 Å². The van der Waals surface area contributed by atoms with Crippen LogP contribution in [-0.2, 0) is 0 Å². The van der Waals surface area contributed by atoms with Gasteiger partial charge in [-0.2, -0.15) is 0 Å². The minimum Gasteiger partial charge on any atom is -0.375 e. The molecule has 3 N–H and O–H groups in total. The summed E-state index contributed by atoms with van der Waals surface area (Å²) in [6, 6.07) is 2.70. The molecule has 0 saturated carbocycles. The average molecular weight is 286 g/mol. The quantitative estimate of drug-likeness (QED) is 0.891. The molecular weight excluding hydrogens is 277 g/mol. The standard InChI is InChI=1S/C11H9ClFN3OS/c1-5-7(12)2-6(3-8(5)13)16-10(17)9-4-15-11(14)18-9/h2-4H,1H3,(H2,14,15)(H,16,17). The molecule has 0 spiro atoms. The van der Waals surface area contributed by atoms with Crippen molar-refractivity contribution in [2.45, 2.75) is 6.92 Å². The Morgan fingerprint density at radius 2 is 2.28 bits per heavy atom. The Balaban J connectivity index is 2.22. The molecule has 0 bridgehead atoms. The Morgan fingerprint density at radius 3 is 2.83 bits per heavy atom. The van der Waals surface area contributed by atoms with E-state index in [1.807, 2.05) is 0 Å². The lowest BCUT2D eigenvalue weighted by atomic mass is 10.2.